The number of pyridine rings is 1. The van der Waals surface area contributed by atoms with Crippen LogP contribution in [0.1, 0.15) is 5.69 Å². The number of fused-ring (bicyclic) bond motifs is 1. The normalized spacial score (nSPS) is 10.9. The van der Waals surface area contributed by atoms with E-state index in [1.165, 1.54) is 6.07 Å². The highest BCUT2D eigenvalue weighted by Crippen LogP contribution is 2.22. The Bertz CT molecular complexity index is 594. The van der Waals surface area contributed by atoms with Crippen molar-refractivity contribution in [1.82, 2.24) is 4.98 Å². The fraction of sp³-hybridized carbons (Fsp3) is 0.182. The first-order valence-corrected chi connectivity index (χ1v) is 6.07. The van der Waals surface area contributed by atoms with Crippen LogP contribution < -0.4 is 5.43 Å². The smallest absolute Gasteiger partial charge is 0.189 e. The highest BCUT2D eigenvalue weighted by Gasteiger charge is 2.06. The van der Waals surface area contributed by atoms with Crippen LogP contribution in [-0.2, 0) is 11.3 Å². The molecule has 3 nitrogen and oxygen atoms in total. The van der Waals surface area contributed by atoms with Gasteiger partial charge in [-0.25, -0.2) is 0 Å². The molecule has 0 radical (unpaired) electrons. The minimum Gasteiger partial charge on any atom is -0.378 e. The minimum atomic E-state index is -0.0405. The van der Waals surface area contributed by atoms with Crippen molar-refractivity contribution in [2.45, 2.75) is 6.61 Å². The number of methoxy groups -OCH3 is 1. The van der Waals surface area contributed by atoms with Crippen LogP contribution in [0, 0.1) is 3.57 Å². The van der Waals surface area contributed by atoms with E-state index in [0.717, 1.165) is 14.8 Å². The first kappa shape index (κ1) is 11.9. The van der Waals surface area contributed by atoms with E-state index in [4.69, 9.17) is 16.3 Å². The number of aromatic nitrogens is 1. The van der Waals surface area contributed by atoms with Crippen LogP contribution in [0.5, 0.6) is 0 Å². The van der Waals surface area contributed by atoms with E-state index in [-0.39, 0.29) is 5.43 Å². The summed E-state index contributed by atoms with van der Waals surface area (Å²) in [6, 6.07) is 5.03. The molecule has 1 N–H and O–H groups in total. The lowest BCUT2D eigenvalue weighted by Gasteiger charge is -2.05. The first-order chi connectivity index (χ1) is 7.61. The van der Waals surface area contributed by atoms with Gasteiger partial charge in [0.15, 0.2) is 5.43 Å². The molecular formula is C11H9ClINO2. The largest absolute Gasteiger partial charge is 0.378 e. The van der Waals surface area contributed by atoms with Gasteiger partial charge in [-0.2, -0.15) is 0 Å². The van der Waals surface area contributed by atoms with Crippen LogP contribution in [0.3, 0.4) is 0 Å². The van der Waals surface area contributed by atoms with Gasteiger partial charge in [-0.3, -0.25) is 4.79 Å². The average Bonchev–Trinajstić information content (AvgIpc) is 2.20. The molecule has 0 bridgehead atoms. The van der Waals surface area contributed by atoms with E-state index in [2.05, 4.69) is 27.6 Å². The van der Waals surface area contributed by atoms with Crippen LogP contribution in [0.15, 0.2) is 23.0 Å². The van der Waals surface area contributed by atoms with Gasteiger partial charge in [-0.1, -0.05) is 11.6 Å². The zero-order valence-electron chi connectivity index (χ0n) is 8.51. The number of halogens is 2. The lowest BCUT2D eigenvalue weighted by molar-refractivity contribution is 0.181. The van der Waals surface area contributed by atoms with E-state index >= 15 is 0 Å². The van der Waals surface area contributed by atoms with Crippen molar-refractivity contribution in [1.29, 1.82) is 0 Å². The zero-order valence-corrected chi connectivity index (χ0v) is 11.4. The molecule has 0 atom stereocenters. The summed E-state index contributed by atoms with van der Waals surface area (Å²) in [4.78, 5) is 15.0. The van der Waals surface area contributed by atoms with Crippen molar-refractivity contribution in [2.75, 3.05) is 7.11 Å². The summed E-state index contributed by atoms with van der Waals surface area (Å²) in [6.45, 7) is 0.393. The van der Waals surface area contributed by atoms with Gasteiger partial charge >= 0.3 is 0 Å². The van der Waals surface area contributed by atoms with Crippen molar-refractivity contribution in [3.8, 4) is 0 Å². The number of aromatic amines is 1. The van der Waals surface area contributed by atoms with E-state index in [1.807, 2.05) is 6.07 Å². The van der Waals surface area contributed by atoms with Gasteiger partial charge in [-0.05, 0) is 34.7 Å². The Kier molecular flexibility index (Phi) is 3.51. The van der Waals surface area contributed by atoms with Gasteiger partial charge in [-0.15, -0.1) is 0 Å². The molecule has 0 aliphatic rings. The number of nitrogens with one attached hydrogen (secondary N) is 1. The molecule has 16 heavy (non-hydrogen) atoms. The Labute approximate surface area is 111 Å². The lowest BCUT2D eigenvalue weighted by Crippen LogP contribution is -2.06. The third-order valence-electron chi connectivity index (χ3n) is 2.21. The molecule has 0 spiro atoms. The van der Waals surface area contributed by atoms with Crippen LogP contribution in [-0.4, -0.2) is 12.1 Å². The second-order valence-corrected chi connectivity index (χ2v) is 5.00. The summed E-state index contributed by atoms with van der Waals surface area (Å²) in [7, 11) is 1.59. The molecule has 84 valence electrons. The Hall–Kier alpha value is -0.590. The number of rotatable bonds is 2. The number of ether oxygens (including phenoxy) is 1. The summed E-state index contributed by atoms with van der Waals surface area (Å²) >= 11 is 8.06. The Balaban J connectivity index is 2.77. The highest BCUT2D eigenvalue weighted by molar-refractivity contribution is 14.1. The maximum atomic E-state index is 11.8. The van der Waals surface area contributed by atoms with Crippen molar-refractivity contribution in [3.63, 3.8) is 0 Å². The molecule has 0 unspecified atom stereocenters. The Morgan fingerprint density at radius 3 is 2.88 bits per heavy atom. The molecule has 1 aromatic heterocycles. The lowest BCUT2D eigenvalue weighted by atomic mass is 10.2. The third-order valence-corrected chi connectivity index (χ3v) is 3.28. The standard InChI is InChI=1S/C11H9ClINO2/c1-16-5-7-4-10(15)8-2-6(12)3-9(13)11(8)14-7/h2-4H,5H2,1H3,(H,14,15). The zero-order chi connectivity index (χ0) is 11.7. The molecule has 2 rings (SSSR count). The Morgan fingerprint density at radius 2 is 2.19 bits per heavy atom. The number of hydrogen-bond acceptors (Lipinski definition) is 2. The first-order valence-electron chi connectivity index (χ1n) is 4.61. The van der Waals surface area contributed by atoms with Crippen molar-refractivity contribution >= 4 is 45.1 Å². The SMILES string of the molecule is COCc1cc(=O)c2cc(Cl)cc(I)c2[nH]1. The number of benzene rings is 1. The summed E-state index contributed by atoms with van der Waals surface area (Å²) in [6.07, 6.45) is 0. The van der Waals surface area contributed by atoms with Gasteiger partial charge in [0.25, 0.3) is 0 Å². The van der Waals surface area contributed by atoms with E-state index in [1.54, 1.807) is 13.2 Å². The maximum absolute atomic E-state index is 11.8. The Morgan fingerprint density at radius 1 is 1.44 bits per heavy atom. The number of hydrogen-bond donors (Lipinski definition) is 1. The molecule has 0 saturated carbocycles. The second-order valence-electron chi connectivity index (χ2n) is 3.40. The molecule has 0 fully saturated rings. The molecule has 0 saturated heterocycles. The second kappa shape index (κ2) is 4.73. The average molecular weight is 350 g/mol. The molecule has 1 heterocycles. The van der Waals surface area contributed by atoms with Crippen molar-refractivity contribution in [2.24, 2.45) is 0 Å². The molecule has 0 aliphatic carbocycles. The maximum Gasteiger partial charge on any atom is 0.189 e. The van der Waals surface area contributed by atoms with Gasteiger partial charge in [0.1, 0.15) is 0 Å². The predicted molar refractivity (Wildman–Crippen MR) is 73.0 cm³/mol. The molecule has 2 aromatic rings. The fourth-order valence-electron chi connectivity index (χ4n) is 1.56. The van der Waals surface area contributed by atoms with Gasteiger partial charge < -0.3 is 9.72 Å². The van der Waals surface area contributed by atoms with Crippen molar-refractivity contribution in [3.05, 3.63) is 42.7 Å². The quantitative estimate of drug-likeness (QED) is 0.847. The molecule has 1 aromatic carbocycles. The fourth-order valence-corrected chi connectivity index (χ4v) is 2.72. The monoisotopic (exact) mass is 349 g/mol. The van der Waals surface area contributed by atoms with Crippen LogP contribution in [0.25, 0.3) is 10.9 Å². The van der Waals surface area contributed by atoms with Gasteiger partial charge in [0, 0.05) is 32.8 Å². The third kappa shape index (κ3) is 2.23. The van der Waals surface area contributed by atoms with E-state index in [0.29, 0.717) is 17.0 Å². The predicted octanol–water partition coefficient (Wildman–Crippen LogP) is 2.93. The van der Waals surface area contributed by atoms with E-state index in [9.17, 15) is 4.79 Å². The molecule has 0 amide bonds. The van der Waals surface area contributed by atoms with Crippen LogP contribution >= 0.6 is 34.2 Å². The van der Waals surface area contributed by atoms with Gasteiger partial charge in [0.05, 0.1) is 12.1 Å². The van der Waals surface area contributed by atoms with Crippen LogP contribution in [0.4, 0.5) is 0 Å². The summed E-state index contributed by atoms with van der Waals surface area (Å²) in [5.41, 5.74) is 1.53. The molecule has 5 heteroatoms. The van der Waals surface area contributed by atoms with Crippen LogP contribution in [0.2, 0.25) is 5.02 Å². The van der Waals surface area contributed by atoms with E-state index < -0.39 is 0 Å². The topological polar surface area (TPSA) is 42.1 Å². The number of H-pyrrole nitrogens is 1. The summed E-state index contributed by atoms with van der Waals surface area (Å²) in [5.74, 6) is 0. The molecule has 0 aliphatic heterocycles. The minimum absolute atomic E-state index is 0.0405. The molecular weight excluding hydrogens is 340 g/mol. The highest BCUT2D eigenvalue weighted by atomic mass is 127. The summed E-state index contributed by atoms with van der Waals surface area (Å²) < 4.78 is 5.92. The van der Waals surface area contributed by atoms with Gasteiger partial charge in [0.2, 0.25) is 0 Å². The van der Waals surface area contributed by atoms with Crippen molar-refractivity contribution < 1.29 is 4.74 Å². The summed E-state index contributed by atoms with van der Waals surface area (Å²) in [5, 5.41) is 1.18.